The molecule has 0 aliphatic rings. The summed E-state index contributed by atoms with van der Waals surface area (Å²) in [5.74, 6) is -0.436. The van der Waals surface area contributed by atoms with Gasteiger partial charge in [-0.15, -0.1) is 0 Å². The molecule has 1 amide bonds. The SMILES string of the molecule is CCN(CC(=O)OC)C(=O)CCc1c(C)nn(C)c1C. The van der Waals surface area contributed by atoms with Crippen molar-refractivity contribution >= 4 is 11.9 Å². The van der Waals surface area contributed by atoms with Gasteiger partial charge >= 0.3 is 5.97 Å². The predicted octanol–water partition coefficient (Wildman–Crippen LogP) is 0.991. The molecule has 0 atom stereocenters. The minimum absolute atomic E-state index is 0.0108. The van der Waals surface area contributed by atoms with Crippen molar-refractivity contribution in [3.05, 3.63) is 17.0 Å². The smallest absolute Gasteiger partial charge is 0.325 e. The Bertz CT molecular complexity index is 494. The van der Waals surface area contributed by atoms with Crippen LogP contribution in [0.2, 0.25) is 0 Å². The Labute approximate surface area is 119 Å². The molecule has 0 saturated carbocycles. The van der Waals surface area contributed by atoms with E-state index >= 15 is 0 Å². The molecule has 20 heavy (non-hydrogen) atoms. The summed E-state index contributed by atoms with van der Waals surface area (Å²) < 4.78 is 6.41. The van der Waals surface area contributed by atoms with Crippen LogP contribution in [0.3, 0.4) is 0 Å². The molecule has 1 aromatic heterocycles. The largest absolute Gasteiger partial charge is 0.468 e. The van der Waals surface area contributed by atoms with E-state index < -0.39 is 5.97 Å². The zero-order valence-corrected chi connectivity index (χ0v) is 12.9. The van der Waals surface area contributed by atoms with Gasteiger partial charge in [-0.1, -0.05) is 0 Å². The minimum Gasteiger partial charge on any atom is -0.468 e. The van der Waals surface area contributed by atoms with Crippen molar-refractivity contribution in [2.75, 3.05) is 20.2 Å². The molecule has 0 N–H and O–H groups in total. The van der Waals surface area contributed by atoms with Crippen LogP contribution in [0.5, 0.6) is 0 Å². The molecule has 0 spiro atoms. The lowest BCUT2D eigenvalue weighted by molar-refractivity contribution is -0.146. The molecule has 0 aromatic carbocycles. The minimum atomic E-state index is -0.395. The van der Waals surface area contributed by atoms with Crippen molar-refractivity contribution in [1.82, 2.24) is 14.7 Å². The Morgan fingerprint density at radius 2 is 2.00 bits per heavy atom. The molecule has 6 nitrogen and oxygen atoms in total. The van der Waals surface area contributed by atoms with Gasteiger partial charge in [0.15, 0.2) is 0 Å². The second kappa shape index (κ2) is 7.07. The van der Waals surface area contributed by atoms with Crippen molar-refractivity contribution in [2.24, 2.45) is 7.05 Å². The van der Waals surface area contributed by atoms with Crippen LogP contribution in [-0.2, 0) is 27.8 Å². The van der Waals surface area contributed by atoms with Gasteiger partial charge < -0.3 is 9.64 Å². The molecule has 1 heterocycles. The summed E-state index contributed by atoms with van der Waals surface area (Å²) in [6.07, 6.45) is 1.01. The van der Waals surface area contributed by atoms with E-state index in [4.69, 9.17) is 0 Å². The van der Waals surface area contributed by atoms with E-state index in [1.54, 1.807) is 0 Å². The van der Waals surface area contributed by atoms with Gasteiger partial charge in [-0.05, 0) is 32.8 Å². The fourth-order valence-corrected chi connectivity index (χ4v) is 2.17. The summed E-state index contributed by atoms with van der Waals surface area (Å²) in [7, 11) is 3.21. The molecule has 0 aliphatic heterocycles. The van der Waals surface area contributed by atoms with Crippen molar-refractivity contribution in [2.45, 2.75) is 33.6 Å². The van der Waals surface area contributed by atoms with Gasteiger partial charge in [0.2, 0.25) is 5.91 Å². The Morgan fingerprint density at radius 3 is 2.45 bits per heavy atom. The number of carbonyl (C=O) groups is 2. The molecule has 6 heteroatoms. The first-order valence-corrected chi connectivity index (χ1v) is 6.74. The zero-order valence-electron chi connectivity index (χ0n) is 12.9. The number of rotatable bonds is 6. The summed E-state index contributed by atoms with van der Waals surface area (Å²) in [5.41, 5.74) is 3.13. The van der Waals surface area contributed by atoms with Gasteiger partial charge in [0, 0.05) is 25.7 Å². The number of aromatic nitrogens is 2. The number of nitrogens with zero attached hydrogens (tertiary/aromatic N) is 3. The van der Waals surface area contributed by atoms with Crippen LogP contribution in [0.4, 0.5) is 0 Å². The lowest BCUT2D eigenvalue weighted by Gasteiger charge is -2.19. The number of methoxy groups -OCH3 is 1. The summed E-state index contributed by atoms with van der Waals surface area (Å²) in [5, 5.41) is 4.33. The van der Waals surface area contributed by atoms with E-state index in [2.05, 4.69) is 9.84 Å². The maximum absolute atomic E-state index is 12.1. The molecule has 0 radical (unpaired) electrons. The van der Waals surface area contributed by atoms with Crippen LogP contribution in [0, 0.1) is 13.8 Å². The highest BCUT2D eigenvalue weighted by atomic mass is 16.5. The van der Waals surface area contributed by atoms with Gasteiger partial charge in [-0.3, -0.25) is 14.3 Å². The predicted molar refractivity (Wildman–Crippen MR) is 75.3 cm³/mol. The summed E-state index contributed by atoms with van der Waals surface area (Å²) >= 11 is 0. The Morgan fingerprint density at radius 1 is 1.35 bits per heavy atom. The van der Waals surface area contributed by atoms with Crippen LogP contribution < -0.4 is 0 Å². The number of hydrogen-bond acceptors (Lipinski definition) is 4. The number of aryl methyl sites for hydroxylation is 2. The van der Waals surface area contributed by atoms with Crippen LogP contribution in [0.25, 0.3) is 0 Å². The molecule has 1 rings (SSSR count). The van der Waals surface area contributed by atoms with Crippen molar-refractivity contribution in [3.8, 4) is 0 Å². The van der Waals surface area contributed by atoms with Gasteiger partial charge in [0.05, 0.1) is 12.8 Å². The average molecular weight is 281 g/mol. The number of esters is 1. The number of likely N-dealkylation sites (N-methyl/N-ethyl adjacent to an activating group) is 1. The van der Waals surface area contributed by atoms with E-state index in [0.717, 1.165) is 17.0 Å². The Hall–Kier alpha value is -1.85. The maximum atomic E-state index is 12.1. The number of amides is 1. The first-order chi connectivity index (χ1) is 9.40. The quantitative estimate of drug-likeness (QED) is 0.729. The number of ether oxygens (including phenoxy) is 1. The third-order valence-electron chi connectivity index (χ3n) is 3.53. The third kappa shape index (κ3) is 3.82. The van der Waals surface area contributed by atoms with Crippen LogP contribution in [0.1, 0.15) is 30.3 Å². The van der Waals surface area contributed by atoms with E-state index in [1.165, 1.54) is 12.0 Å². The van der Waals surface area contributed by atoms with Gasteiger partial charge in [0.25, 0.3) is 0 Å². The third-order valence-corrected chi connectivity index (χ3v) is 3.53. The van der Waals surface area contributed by atoms with Crippen molar-refractivity contribution in [1.29, 1.82) is 0 Å². The molecule has 0 unspecified atom stereocenters. The molecule has 0 aliphatic carbocycles. The van der Waals surface area contributed by atoms with Crippen molar-refractivity contribution in [3.63, 3.8) is 0 Å². The fourth-order valence-electron chi connectivity index (χ4n) is 2.17. The second-order valence-corrected chi connectivity index (χ2v) is 4.76. The van der Waals surface area contributed by atoms with Crippen LogP contribution in [-0.4, -0.2) is 46.8 Å². The molecule has 112 valence electrons. The number of hydrogen-bond donors (Lipinski definition) is 0. The fraction of sp³-hybridized carbons (Fsp3) is 0.643. The highest BCUT2D eigenvalue weighted by molar-refractivity contribution is 5.82. The van der Waals surface area contributed by atoms with E-state index in [0.29, 0.717) is 19.4 Å². The Balaban J connectivity index is 2.63. The standard InChI is InChI=1S/C14H23N3O3/c1-6-17(9-14(19)20-5)13(18)8-7-12-10(2)15-16(4)11(12)3/h6-9H2,1-5H3. The average Bonchev–Trinajstić information content (AvgIpc) is 2.66. The monoisotopic (exact) mass is 281 g/mol. The number of carbonyl (C=O) groups excluding carboxylic acids is 2. The topological polar surface area (TPSA) is 64.4 Å². The van der Waals surface area contributed by atoms with E-state index in [-0.39, 0.29) is 12.5 Å². The molecule has 0 saturated heterocycles. The normalized spacial score (nSPS) is 10.4. The van der Waals surface area contributed by atoms with Gasteiger partial charge in [0.1, 0.15) is 6.54 Å². The maximum Gasteiger partial charge on any atom is 0.325 e. The highest BCUT2D eigenvalue weighted by Gasteiger charge is 2.17. The zero-order chi connectivity index (χ0) is 15.3. The first kappa shape index (κ1) is 16.2. The summed E-state index contributed by atoms with van der Waals surface area (Å²) in [6.45, 7) is 6.29. The molecule has 1 aromatic rings. The molecular formula is C14H23N3O3. The molecule has 0 fully saturated rings. The first-order valence-electron chi connectivity index (χ1n) is 6.74. The Kier molecular flexibility index (Phi) is 5.73. The van der Waals surface area contributed by atoms with Gasteiger partial charge in [-0.25, -0.2) is 0 Å². The summed E-state index contributed by atoms with van der Waals surface area (Å²) in [4.78, 5) is 24.9. The van der Waals surface area contributed by atoms with E-state index in [1.807, 2.05) is 32.5 Å². The molecular weight excluding hydrogens is 258 g/mol. The lowest BCUT2D eigenvalue weighted by atomic mass is 10.1. The molecule has 0 bridgehead atoms. The second-order valence-electron chi connectivity index (χ2n) is 4.76. The van der Waals surface area contributed by atoms with Crippen molar-refractivity contribution < 1.29 is 14.3 Å². The van der Waals surface area contributed by atoms with Gasteiger partial charge in [-0.2, -0.15) is 5.10 Å². The highest BCUT2D eigenvalue weighted by Crippen LogP contribution is 2.14. The summed E-state index contributed by atoms with van der Waals surface area (Å²) in [6, 6.07) is 0. The van der Waals surface area contributed by atoms with Crippen LogP contribution in [0.15, 0.2) is 0 Å². The van der Waals surface area contributed by atoms with Crippen LogP contribution >= 0.6 is 0 Å². The van der Waals surface area contributed by atoms with E-state index in [9.17, 15) is 9.59 Å². The lowest BCUT2D eigenvalue weighted by Crippen LogP contribution is -2.36.